The number of pyridine rings is 1. The van der Waals surface area contributed by atoms with Crippen molar-refractivity contribution < 1.29 is 4.42 Å². The van der Waals surface area contributed by atoms with E-state index < -0.39 is 0 Å². The van der Waals surface area contributed by atoms with E-state index >= 15 is 0 Å². The summed E-state index contributed by atoms with van der Waals surface area (Å²) in [4.78, 5) is 7.24. The molecular formula is C49H32N2O. The van der Waals surface area contributed by atoms with Crippen molar-refractivity contribution >= 4 is 60.5 Å². The van der Waals surface area contributed by atoms with Crippen LogP contribution in [0.15, 0.2) is 199 Å². The lowest BCUT2D eigenvalue weighted by Crippen LogP contribution is -2.12. The fraction of sp³-hybridized carbons (Fsp3) is 0. The second-order valence-corrected chi connectivity index (χ2v) is 13.2. The Balaban J connectivity index is 1.32. The molecular weight excluding hydrogens is 633 g/mol. The van der Waals surface area contributed by atoms with Gasteiger partial charge in [-0.15, -0.1) is 0 Å². The summed E-state index contributed by atoms with van der Waals surface area (Å²) in [5.74, 6) is 0. The van der Waals surface area contributed by atoms with Crippen molar-refractivity contribution in [2.45, 2.75) is 0 Å². The zero-order valence-electron chi connectivity index (χ0n) is 28.3. The fourth-order valence-electron chi connectivity index (χ4n) is 7.68. The Kier molecular flexibility index (Phi) is 7.14. The van der Waals surface area contributed by atoms with E-state index in [2.05, 4.69) is 175 Å². The summed E-state index contributed by atoms with van der Waals surface area (Å²) in [6.45, 7) is 0. The Bertz CT molecular complexity index is 2910. The van der Waals surface area contributed by atoms with Crippen LogP contribution in [0.25, 0.3) is 76.9 Å². The summed E-state index contributed by atoms with van der Waals surface area (Å²) in [6.07, 6.45) is 3.93. The Labute approximate surface area is 301 Å². The second-order valence-electron chi connectivity index (χ2n) is 13.2. The molecule has 0 atom stereocenters. The van der Waals surface area contributed by atoms with Crippen molar-refractivity contribution in [3.05, 3.63) is 194 Å². The van der Waals surface area contributed by atoms with Crippen molar-refractivity contribution in [1.29, 1.82) is 0 Å². The van der Waals surface area contributed by atoms with Gasteiger partial charge < -0.3 is 9.32 Å². The smallest absolute Gasteiger partial charge is 0.145 e. The van der Waals surface area contributed by atoms with Crippen LogP contribution in [-0.4, -0.2) is 4.98 Å². The molecule has 10 rings (SSSR count). The Morgan fingerprint density at radius 1 is 0.404 bits per heavy atom. The van der Waals surface area contributed by atoms with Gasteiger partial charge in [-0.1, -0.05) is 146 Å². The summed E-state index contributed by atoms with van der Waals surface area (Å²) in [7, 11) is 0. The van der Waals surface area contributed by atoms with E-state index in [1.165, 1.54) is 16.3 Å². The van der Waals surface area contributed by atoms with Crippen molar-refractivity contribution in [3.63, 3.8) is 0 Å². The Morgan fingerprint density at radius 3 is 1.90 bits per heavy atom. The fourth-order valence-corrected chi connectivity index (χ4v) is 7.68. The number of furan rings is 1. The molecule has 2 heterocycles. The molecule has 8 aromatic carbocycles. The number of fused-ring (bicyclic) bond motifs is 6. The first-order chi connectivity index (χ1) is 25.8. The molecule has 0 unspecified atom stereocenters. The number of anilines is 3. The minimum atomic E-state index is 0.855. The molecule has 0 saturated heterocycles. The van der Waals surface area contributed by atoms with Crippen molar-refractivity contribution in [1.82, 2.24) is 4.98 Å². The maximum Gasteiger partial charge on any atom is 0.145 e. The summed E-state index contributed by atoms with van der Waals surface area (Å²) in [5, 5.41) is 6.62. The molecule has 3 heteroatoms. The van der Waals surface area contributed by atoms with Gasteiger partial charge >= 0.3 is 0 Å². The molecule has 10 aromatic rings. The molecule has 0 aliphatic rings. The van der Waals surface area contributed by atoms with Gasteiger partial charge in [0.2, 0.25) is 0 Å². The van der Waals surface area contributed by atoms with Gasteiger partial charge in [0.1, 0.15) is 11.2 Å². The van der Waals surface area contributed by atoms with E-state index in [0.29, 0.717) is 0 Å². The van der Waals surface area contributed by atoms with Crippen LogP contribution in [0.1, 0.15) is 0 Å². The van der Waals surface area contributed by atoms with Gasteiger partial charge in [0.15, 0.2) is 0 Å². The van der Waals surface area contributed by atoms with Gasteiger partial charge in [0.25, 0.3) is 0 Å². The highest BCUT2D eigenvalue weighted by molar-refractivity contribution is 6.19. The van der Waals surface area contributed by atoms with Crippen LogP contribution in [-0.2, 0) is 0 Å². The maximum absolute atomic E-state index is 6.72. The average Bonchev–Trinajstić information content (AvgIpc) is 3.61. The third-order valence-electron chi connectivity index (χ3n) is 10.1. The molecule has 0 N–H and O–H groups in total. The van der Waals surface area contributed by atoms with Gasteiger partial charge in [0.05, 0.1) is 23.0 Å². The largest absolute Gasteiger partial charge is 0.455 e. The number of benzene rings is 8. The van der Waals surface area contributed by atoms with Crippen LogP contribution in [0.2, 0.25) is 0 Å². The van der Waals surface area contributed by atoms with Crippen LogP contribution in [0.4, 0.5) is 17.1 Å². The SMILES string of the molecule is c1ccc(-c2cccc(N(c3ccc(-c4ccccc4)cc3-c3cccc4ccccc34)c3cncc4ccc5c6ccccc6oc5c34)c2)cc1. The van der Waals surface area contributed by atoms with E-state index in [-0.39, 0.29) is 0 Å². The topological polar surface area (TPSA) is 29.3 Å². The highest BCUT2D eigenvalue weighted by Gasteiger charge is 2.24. The highest BCUT2D eigenvalue weighted by Crippen LogP contribution is 2.48. The first-order valence-electron chi connectivity index (χ1n) is 17.6. The predicted molar refractivity (Wildman–Crippen MR) is 218 cm³/mol. The zero-order chi connectivity index (χ0) is 34.4. The predicted octanol–water partition coefficient (Wildman–Crippen LogP) is 13.8. The minimum absolute atomic E-state index is 0.855. The van der Waals surface area contributed by atoms with Gasteiger partial charge in [-0.05, 0) is 75.0 Å². The van der Waals surface area contributed by atoms with Crippen molar-refractivity contribution in [2.75, 3.05) is 4.90 Å². The molecule has 0 amide bonds. The molecule has 0 fully saturated rings. The summed E-state index contributed by atoms with van der Waals surface area (Å²) in [5.41, 5.74) is 11.6. The number of aromatic nitrogens is 1. The first kappa shape index (κ1) is 29.9. The van der Waals surface area contributed by atoms with Gasteiger partial charge in [-0.3, -0.25) is 4.98 Å². The van der Waals surface area contributed by atoms with Crippen molar-refractivity contribution in [3.8, 4) is 33.4 Å². The first-order valence-corrected chi connectivity index (χ1v) is 17.6. The van der Waals surface area contributed by atoms with Crippen LogP contribution < -0.4 is 4.90 Å². The third kappa shape index (κ3) is 5.02. The van der Waals surface area contributed by atoms with Crippen LogP contribution in [0.3, 0.4) is 0 Å². The van der Waals surface area contributed by atoms with Gasteiger partial charge in [-0.25, -0.2) is 0 Å². The zero-order valence-corrected chi connectivity index (χ0v) is 28.3. The quantitative estimate of drug-likeness (QED) is 0.177. The molecule has 0 aliphatic carbocycles. The molecule has 0 bridgehead atoms. The van der Waals surface area contributed by atoms with E-state index in [1.54, 1.807) is 0 Å². The Hall–Kier alpha value is -6.97. The van der Waals surface area contributed by atoms with Crippen molar-refractivity contribution in [2.24, 2.45) is 0 Å². The standard InChI is InChI=1S/C49H32N2O/c1-3-13-33(14-4-1)36-19-11-20-39(29-36)51(46-32-50-31-38-25-27-43-42-22-9-10-24-47(42)52-49(43)48(38)46)45-28-26-37(34-15-5-2-6-16-34)30-44(45)41-23-12-18-35-17-7-8-21-40(35)41/h1-32H. The van der Waals surface area contributed by atoms with E-state index in [0.717, 1.165) is 77.6 Å². The summed E-state index contributed by atoms with van der Waals surface area (Å²) < 4.78 is 6.72. The van der Waals surface area contributed by atoms with Gasteiger partial charge in [-0.2, -0.15) is 0 Å². The minimum Gasteiger partial charge on any atom is -0.455 e. The van der Waals surface area contributed by atoms with E-state index in [9.17, 15) is 0 Å². The lowest BCUT2D eigenvalue weighted by molar-refractivity contribution is 0.672. The monoisotopic (exact) mass is 664 g/mol. The molecule has 52 heavy (non-hydrogen) atoms. The maximum atomic E-state index is 6.72. The number of hydrogen-bond acceptors (Lipinski definition) is 3. The Morgan fingerprint density at radius 2 is 1.08 bits per heavy atom. The van der Waals surface area contributed by atoms with E-state index in [4.69, 9.17) is 9.40 Å². The number of para-hydroxylation sites is 1. The second kappa shape index (κ2) is 12.4. The average molecular weight is 665 g/mol. The molecule has 0 radical (unpaired) electrons. The molecule has 2 aromatic heterocycles. The molecule has 0 spiro atoms. The molecule has 244 valence electrons. The molecule has 0 aliphatic heterocycles. The lowest BCUT2D eigenvalue weighted by atomic mass is 9.92. The number of hydrogen-bond donors (Lipinski definition) is 0. The van der Waals surface area contributed by atoms with E-state index in [1.807, 2.05) is 24.5 Å². The molecule has 0 saturated carbocycles. The summed E-state index contributed by atoms with van der Waals surface area (Å²) in [6, 6.07) is 64.7. The number of nitrogens with zero attached hydrogens (tertiary/aromatic N) is 2. The third-order valence-corrected chi connectivity index (χ3v) is 10.1. The normalized spacial score (nSPS) is 11.5. The van der Waals surface area contributed by atoms with Crippen LogP contribution in [0.5, 0.6) is 0 Å². The summed E-state index contributed by atoms with van der Waals surface area (Å²) >= 11 is 0. The van der Waals surface area contributed by atoms with Crippen LogP contribution >= 0.6 is 0 Å². The lowest BCUT2D eigenvalue weighted by Gasteiger charge is -2.29. The number of rotatable bonds is 6. The van der Waals surface area contributed by atoms with Gasteiger partial charge in [0, 0.05) is 33.6 Å². The molecule has 3 nitrogen and oxygen atoms in total. The highest BCUT2D eigenvalue weighted by atomic mass is 16.3. The van der Waals surface area contributed by atoms with Crippen LogP contribution in [0, 0.1) is 0 Å².